The van der Waals surface area contributed by atoms with E-state index in [0.29, 0.717) is 6.54 Å². The third kappa shape index (κ3) is 17.4. The minimum absolute atomic E-state index is 0. The van der Waals surface area contributed by atoms with Crippen LogP contribution < -0.4 is 5.32 Å². The Morgan fingerprint density at radius 3 is 2.26 bits per heavy atom. The summed E-state index contributed by atoms with van der Waals surface area (Å²) in [6.07, 6.45) is 2.90. The molecule has 116 valence electrons. The maximum Gasteiger partial charge on any atom is 0.265 e. The van der Waals surface area contributed by atoms with Gasteiger partial charge < -0.3 is 20.3 Å². The minimum atomic E-state index is -0.359. The van der Waals surface area contributed by atoms with E-state index in [9.17, 15) is 4.79 Å². The molecule has 0 atom stereocenters. The lowest BCUT2D eigenvalue weighted by Crippen LogP contribution is -2.30. The molecular formula is C11H26Cl2N4O2. The highest BCUT2D eigenvalue weighted by atomic mass is 35.5. The summed E-state index contributed by atoms with van der Waals surface area (Å²) in [5.41, 5.74) is 0. The van der Waals surface area contributed by atoms with E-state index in [0.717, 1.165) is 38.7 Å². The Morgan fingerprint density at radius 1 is 1.16 bits per heavy atom. The van der Waals surface area contributed by atoms with Crippen LogP contribution in [0.5, 0.6) is 0 Å². The first-order valence-corrected chi connectivity index (χ1v) is 5.84. The summed E-state index contributed by atoms with van der Waals surface area (Å²) in [5.74, 6) is -0.359. The van der Waals surface area contributed by atoms with Crippen molar-refractivity contribution in [2.24, 2.45) is 5.16 Å². The van der Waals surface area contributed by atoms with E-state index in [1.807, 2.05) is 0 Å². The lowest BCUT2D eigenvalue weighted by atomic mass is 10.3. The molecule has 0 unspecified atom stereocenters. The number of hydrogen-bond donors (Lipinski definition) is 2. The second-order valence-electron chi connectivity index (χ2n) is 4.35. The largest absolute Gasteiger partial charge is 0.411 e. The van der Waals surface area contributed by atoms with Gasteiger partial charge in [0.2, 0.25) is 0 Å². The van der Waals surface area contributed by atoms with Crippen LogP contribution in [0.2, 0.25) is 0 Å². The van der Waals surface area contributed by atoms with E-state index in [-0.39, 0.29) is 30.7 Å². The number of nitrogens with zero attached hydrogens (tertiary/aromatic N) is 3. The maximum atomic E-state index is 10.9. The van der Waals surface area contributed by atoms with Crippen molar-refractivity contribution in [3.05, 3.63) is 0 Å². The Bertz CT molecular complexity index is 241. The van der Waals surface area contributed by atoms with Gasteiger partial charge >= 0.3 is 0 Å². The number of amides is 1. The van der Waals surface area contributed by atoms with Crippen molar-refractivity contribution in [2.45, 2.75) is 12.8 Å². The Labute approximate surface area is 128 Å². The quantitative estimate of drug-likeness (QED) is 0.284. The third-order valence-corrected chi connectivity index (χ3v) is 2.34. The summed E-state index contributed by atoms with van der Waals surface area (Å²) >= 11 is 0. The fourth-order valence-corrected chi connectivity index (χ4v) is 1.43. The fraction of sp³-hybridized carbons (Fsp3) is 0.818. The molecule has 0 aromatic carbocycles. The first kappa shape index (κ1) is 23.5. The van der Waals surface area contributed by atoms with Gasteiger partial charge in [-0.2, -0.15) is 0 Å². The van der Waals surface area contributed by atoms with Crippen molar-refractivity contribution in [1.29, 1.82) is 0 Å². The highest BCUT2D eigenvalue weighted by Gasteiger charge is 2.00. The maximum absolute atomic E-state index is 10.9. The molecule has 0 rings (SSSR count). The van der Waals surface area contributed by atoms with Gasteiger partial charge in [-0.25, -0.2) is 0 Å². The third-order valence-electron chi connectivity index (χ3n) is 2.34. The number of rotatable bonds is 9. The van der Waals surface area contributed by atoms with Crippen LogP contribution >= 0.6 is 24.8 Å². The summed E-state index contributed by atoms with van der Waals surface area (Å²) in [6, 6.07) is 0. The van der Waals surface area contributed by atoms with Crippen LogP contribution in [0.1, 0.15) is 12.8 Å². The highest BCUT2D eigenvalue weighted by molar-refractivity contribution is 6.25. The smallest absolute Gasteiger partial charge is 0.265 e. The van der Waals surface area contributed by atoms with E-state index >= 15 is 0 Å². The molecule has 0 aliphatic carbocycles. The molecule has 0 aromatic heterocycles. The van der Waals surface area contributed by atoms with Gasteiger partial charge in [0.25, 0.3) is 5.91 Å². The molecule has 0 aliphatic heterocycles. The summed E-state index contributed by atoms with van der Waals surface area (Å²) in [5, 5.41) is 13.4. The highest BCUT2D eigenvalue weighted by Crippen LogP contribution is 1.91. The monoisotopic (exact) mass is 316 g/mol. The molecule has 1 amide bonds. The first-order chi connectivity index (χ1) is 8.06. The predicted octanol–water partition coefficient (Wildman–Crippen LogP) is 0.680. The number of halogens is 2. The van der Waals surface area contributed by atoms with E-state index in [1.165, 1.54) is 0 Å². The van der Waals surface area contributed by atoms with E-state index in [1.54, 1.807) is 0 Å². The normalized spacial score (nSPS) is 10.4. The average Bonchev–Trinajstić information content (AvgIpc) is 2.24. The van der Waals surface area contributed by atoms with Crippen molar-refractivity contribution < 1.29 is 10.0 Å². The standard InChI is InChI=1S/C11H24N4O2.2ClH/c1-14(2)7-5-9-15(3)8-4-6-12-11(16)10-13-17;;/h10,17H,4-9H2,1-3H3,(H,12,16);2*1H. The Morgan fingerprint density at radius 2 is 1.74 bits per heavy atom. The first-order valence-electron chi connectivity index (χ1n) is 5.84. The van der Waals surface area contributed by atoms with Gasteiger partial charge in [-0.05, 0) is 53.6 Å². The lowest BCUT2D eigenvalue weighted by molar-refractivity contribution is -0.114. The number of carbonyl (C=O) groups excluding carboxylic acids is 1. The average molecular weight is 317 g/mol. The summed E-state index contributed by atoms with van der Waals surface area (Å²) in [7, 11) is 6.21. The number of nitrogens with one attached hydrogen (secondary N) is 1. The molecule has 0 heterocycles. The molecule has 19 heavy (non-hydrogen) atoms. The Balaban J connectivity index is -0.00000128. The second kappa shape index (κ2) is 15.5. The second-order valence-corrected chi connectivity index (χ2v) is 4.35. The van der Waals surface area contributed by atoms with Crippen LogP contribution in [0.4, 0.5) is 0 Å². The molecule has 0 fully saturated rings. The number of oxime groups is 1. The molecule has 0 aliphatic rings. The predicted molar refractivity (Wildman–Crippen MR) is 83.1 cm³/mol. The number of carbonyl (C=O) groups is 1. The van der Waals surface area contributed by atoms with Crippen LogP contribution in [0.15, 0.2) is 5.16 Å². The summed E-state index contributed by atoms with van der Waals surface area (Å²) in [4.78, 5) is 15.3. The molecule has 0 aromatic rings. The van der Waals surface area contributed by atoms with Crippen molar-refractivity contribution in [3.63, 3.8) is 0 Å². The van der Waals surface area contributed by atoms with Gasteiger partial charge in [0.1, 0.15) is 6.21 Å². The van der Waals surface area contributed by atoms with Crippen molar-refractivity contribution >= 4 is 36.9 Å². The van der Waals surface area contributed by atoms with Gasteiger partial charge in [-0.1, -0.05) is 5.16 Å². The zero-order chi connectivity index (χ0) is 13.1. The van der Waals surface area contributed by atoms with E-state index in [4.69, 9.17) is 5.21 Å². The Hall–Kier alpha value is -0.560. The molecule has 0 saturated carbocycles. The molecular weight excluding hydrogens is 291 g/mol. The topological polar surface area (TPSA) is 68.2 Å². The summed E-state index contributed by atoms with van der Waals surface area (Å²) in [6.45, 7) is 3.70. The lowest BCUT2D eigenvalue weighted by Gasteiger charge is -2.17. The van der Waals surface area contributed by atoms with Crippen LogP contribution in [0, 0.1) is 0 Å². The molecule has 0 spiro atoms. The zero-order valence-corrected chi connectivity index (χ0v) is 13.5. The van der Waals surface area contributed by atoms with Gasteiger partial charge in [0.15, 0.2) is 0 Å². The Kier molecular flexibility index (Phi) is 19.2. The van der Waals surface area contributed by atoms with E-state index in [2.05, 4.69) is 41.4 Å². The van der Waals surface area contributed by atoms with Crippen LogP contribution in [0.25, 0.3) is 0 Å². The molecule has 6 nitrogen and oxygen atoms in total. The van der Waals surface area contributed by atoms with Crippen LogP contribution in [-0.4, -0.2) is 74.5 Å². The molecule has 8 heteroatoms. The van der Waals surface area contributed by atoms with Gasteiger partial charge in [-0.3, -0.25) is 4.79 Å². The minimum Gasteiger partial charge on any atom is -0.411 e. The van der Waals surface area contributed by atoms with Crippen molar-refractivity contribution in [1.82, 2.24) is 15.1 Å². The van der Waals surface area contributed by atoms with Crippen LogP contribution in [-0.2, 0) is 4.79 Å². The molecule has 0 saturated heterocycles. The molecule has 2 N–H and O–H groups in total. The molecule has 0 radical (unpaired) electrons. The van der Waals surface area contributed by atoms with Crippen LogP contribution in [0.3, 0.4) is 0 Å². The molecule has 0 bridgehead atoms. The SMILES string of the molecule is CN(C)CCCN(C)CCCNC(=O)C=NO.Cl.Cl. The van der Waals surface area contributed by atoms with Crippen molar-refractivity contribution in [3.8, 4) is 0 Å². The zero-order valence-electron chi connectivity index (χ0n) is 11.8. The van der Waals surface area contributed by atoms with Gasteiger partial charge in [0, 0.05) is 6.54 Å². The summed E-state index contributed by atoms with van der Waals surface area (Å²) < 4.78 is 0. The van der Waals surface area contributed by atoms with Gasteiger partial charge in [-0.15, -0.1) is 24.8 Å². The fourth-order valence-electron chi connectivity index (χ4n) is 1.43. The van der Waals surface area contributed by atoms with Gasteiger partial charge in [0.05, 0.1) is 0 Å². The number of hydrogen-bond acceptors (Lipinski definition) is 5. The van der Waals surface area contributed by atoms with Crippen molar-refractivity contribution in [2.75, 3.05) is 47.3 Å². The van der Waals surface area contributed by atoms with E-state index < -0.39 is 0 Å².